The topological polar surface area (TPSA) is 94.9 Å². The molecular weight excluding hydrogens is 393 g/mol. The van der Waals surface area contributed by atoms with Crippen LogP contribution in [-0.4, -0.2) is 30.5 Å². The number of hydrogen-bond acceptors (Lipinski definition) is 6. The molecule has 154 valence electrons. The number of halogens is 1. The third-order valence-corrected chi connectivity index (χ3v) is 4.81. The maximum atomic E-state index is 13.3. The highest BCUT2D eigenvalue weighted by Gasteiger charge is 2.26. The average molecular weight is 411 g/mol. The van der Waals surface area contributed by atoms with Crippen LogP contribution in [0.15, 0.2) is 45.3 Å². The molecule has 0 radical (unpaired) electrons. The Hall–Kier alpha value is -3.65. The van der Waals surface area contributed by atoms with Crippen LogP contribution in [0, 0.1) is 12.7 Å². The lowest BCUT2D eigenvalue weighted by Gasteiger charge is -2.09. The van der Waals surface area contributed by atoms with Crippen molar-refractivity contribution in [3.63, 3.8) is 0 Å². The molecule has 4 rings (SSSR count). The van der Waals surface area contributed by atoms with Gasteiger partial charge in [0.1, 0.15) is 35.1 Å². The first-order chi connectivity index (χ1) is 14.4. The second kappa shape index (κ2) is 7.64. The van der Waals surface area contributed by atoms with Crippen LogP contribution >= 0.6 is 0 Å². The third kappa shape index (κ3) is 3.21. The van der Waals surface area contributed by atoms with Crippen molar-refractivity contribution in [3.8, 4) is 28.2 Å². The van der Waals surface area contributed by atoms with Gasteiger partial charge in [0, 0.05) is 23.6 Å². The molecule has 2 aromatic carbocycles. The molecule has 0 atom stereocenters. The van der Waals surface area contributed by atoms with Crippen LogP contribution in [-0.2, 0) is 11.3 Å². The quantitative estimate of drug-likeness (QED) is 0.474. The molecule has 0 aliphatic heterocycles. The molecule has 0 saturated carbocycles. The fourth-order valence-electron chi connectivity index (χ4n) is 3.50. The second-order valence-corrected chi connectivity index (χ2v) is 6.67. The van der Waals surface area contributed by atoms with Crippen LogP contribution in [0.3, 0.4) is 0 Å². The SMILES string of the molecule is COCc1onc(C)c1-c1cc2oc(-c3ccc(F)cc3)c(C(=O)O)c2cc1OC. The minimum Gasteiger partial charge on any atom is -0.496 e. The number of furan rings is 1. The Kier molecular flexibility index (Phi) is 5.01. The molecular formula is C22H18FNO6. The molecule has 0 saturated heterocycles. The fourth-order valence-corrected chi connectivity index (χ4v) is 3.50. The van der Waals surface area contributed by atoms with E-state index in [4.69, 9.17) is 18.4 Å². The van der Waals surface area contributed by atoms with E-state index in [9.17, 15) is 14.3 Å². The molecule has 0 bridgehead atoms. The van der Waals surface area contributed by atoms with Crippen LogP contribution < -0.4 is 4.74 Å². The van der Waals surface area contributed by atoms with Gasteiger partial charge >= 0.3 is 5.97 Å². The van der Waals surface area contributed by atoms with E-state index < -0.39 is 11.8 Å². The molecule has 1 N–H and O–H groups in total. The summed E-state index contributed by atoms with van der Waals surface area (Å²) in [6.45, 7) is 1.99. The molecule has 0 spiro atoms. The van der Waals surface area contributed by atoms with Crippen molar-refractivity contribution in [3.05, 3.63) is 59.2 Å². The van der Waals surface area contributed by atoms with Crippen molar-refractivity contribution in [1.82, 2.24) is 5.16 Å². The van der Waals surface area contributed by atoms with Crippen molar-refractivity contribution >= 4 is 16.9 Å². The van der Waals surface area contributed by atoms with Gasteiger partial charge in [-0.2, -0.15) is 0 Å². The Morgan fingerprint density at radius 2 is 1.93 bits per heavy atom. The number of aromatic nitrogens is 1. The minimum absolute atomic E-state index is 0.0272. The van der Waals surface area contributed by atoms with E-state index in [1.807, 2.05) is 0 Å². The lowest BCUT2D eigenvalue weighted by Crippen LogP contribution is -1.98. The molecule has 8 heteroatoms. The van der Waals surface area contributed by atoms with Gasteiger partial charge in [0.05, 0.1) is 18.4 Å². The summed E-state index contributed by atoms with van der Waals surface area (Å²) in [5, 5.41) is 14.2. The molecule has 0 fully saturated rings. The highest BCUT2D eigenvalue weighted by atomic mass is 19.1. The highest BCUT2D eigenvalue weighted by Crippen LogP contribution is 2.42. The van der Waals surface area contributed by atoms with Gasteiger partial charge in [-0.15, -0.1) is 0 Å². The summed E-state index contributed by atoms with van der Waals surface area (Å²) in [6, 6.07) is 8.73. The monoisotopic (exact) mass is 411 g/mol. The van der Waals surface area contributed by atoms with Crippen molar-refractivity contribution in [2.24, 2.45) is 0 Å². The number of carbonyl (C=O) groups is 1. The number of ether oxygens (including phenoxy) is 2. The number of benzene rings is 2. The zero-order valence-electron chi connectivity index (χ0n) is 16.5. The van der Waals surface area contributed by atoms with Gasteiger partial charge in [0.2, 0.25) is 0 Å². The van der Waals surface area contributed by atoms with E-state index in [0.29, 0.717) is 44.9 Å². The van der Waals surface area contributed by atoms with E-state index in [1.54, 1.807) is 26.2 Å². The number of aryl methyl sites for hydroxylation is 1. The Balaban J connectivity index is 1.99. The predicted molar refractivity (Wildman–Crippen MR) is 106 cm³/mol. The average Bonchev–Trinajstić information content (AvgIpc) is 3.27. The molecule has 30 heavy (non-hydrogen) atoms. The van der Waals surface area contributed by atoms with E-state index in [-0.39, 0.29) is 17.9 Å². The Labute approximate surface area is 170 Å². The number of fused-ring (bicyclic) bond motifs is 1. The number of nitrogens with zero attached hydrogens (tertiary/aromatic N) is 1. The van der Waals surface area contributed by atoms with Gasteiger partial charge in [-0.1, -0.05) is 5.16 Å². The first-order valence-corrected chi connectivity index (χ1v) is 9.02. The van der Waals surface area contributed by atoms with Gasteiger partial charge < -0.3 is 23.5 Å². The molecule has 7 nitrogen and oxygen atoms in total. The molecule has 2 aromatic heterocycles. The summed E-state index contributed by atoms with van der Waals surface area (Å²) in [7, 11) is 3.04. The zero-order valence-corrected chi connectivity index (χ0v) is 16.5. The lowest BCUT2D eigenvalue weighted by molar-refractivity contribution is 0.0699. The zero-order chi connectivity index (χ0) is 21.4. The number of carboxylic acids is 1. The Morgan fingerprint density at radius 3 is 2.57 bits per heavy atom. The summed E-state index contributed by atoms with van der Waals surface area (Å²) < 4.78 is 35.3. The lowest BCUT2D eigenvalue weighted by atomic mass is 9.99. The molecule has 0 unspecified atom stereocenters. The van der Waals surface area contributed by atoms with Crippen molar-refractivity contribution in [2.45, 2.75) is 13.5 Å². The molecule has 2 heterocycles. The van der Waals surface area contributed by atoms with Gasteiger partial charge in [0.25, 0.3) is 0 Å². The van der Waals surface area contributed by atoms with E-state index in [1.165, 1.54) is 31.4 Å². The summed E-state index contributed by atoms with van der Waals surface area (Å²) in [4.78, 5) is 12.0. The van der Waals surface area contributed by atoms with Gasteiger partial charge in [-0.25, -0.2) is 9.18 Å². The largest absolute Gasteiger partial charge is 0.496 e. The minimum atomic E-state index is -1.16. The summed E-state index contributed by atoms with van der Waals surface area (Å²) in [5.41, 5.74) is 2.71. The van der Waals surface area contributed by atoms with E-state index in [0.717, 1.165) is 0 Å². The summed E-state index contributed by atoms with van der Waals surface area (Å²) in [5.74, 6) is -0.513. The maximum Gasteiger partial charge on any atom is 0.340 e. The molecule has 0 aliphatic rings. The Bertz CT molecular complexity index is 1240. The smallest absolute Gasteiger partial charge is 0.340 e. The van der Waals surface area contributed by atoms with Crippen LogP contribution in [0.2, 0.25) is 0 Å². The standard InChI is InChI=1S/C22H18FNO6/c1-11-19(18(10-27-2)30-24-11)14-9-17-15(8-16(14)28-3)20(22(25)26)21(29-17)12-4-6-13(23)7-5-12/h4-9H,10H2,1-3H3,(H,25,26). The first-order valence-electron chi connectivity index (χ1n) is 9.02. The number of hydrogen-bond donors (Lipinski definition) is 1. The van der Waals surface area contributed by atoms with Crippen LogP contribution in [0.4, 0.5) is 4.39 Å². The molecule has 4 aromatic rings. The Morgan fingerprint density at radius 1 is 1.20 bits per heavy atom. The maximum absolute atomic E-state index is 13.3. The molecule has 0 aliphatic carbocycles. The van der Waals surface area contributed by atoms with Crippen molar-refractivity contribution in [1.29, 1.82) is 0 Å². The first kappa shape index (κ1) is 19.7. The number of rotatable bonds is 6. The van der Waals surface area contributed by atoms with Crippen LogP contribution in [0.25, 0.3) is 33.4 Å². The van der Waals surface area contributed by atoms with E-state index >= 15 is 0 Å². The second-order valence-electron chi connectivity index (χ2n) is 6.67. The van der Waals surface area contributed by atoms with Crippen molar-refractivity contribution in [2.75, 3.05) is 14.2 Å². The van der Waals surface area contributed by atoms with Crippen LogP contribution in [0.1, 0.15) is 21.8 Å². The van der Waals surface area contributed by atoms with Crippen molar-refractivity contribution < 1.29 is 32.7 Å². The van der Waals surface area contributed by atoms with Gasteiger partial charge in [0.15, 0.2) is 5.76 Å². The predicted octanol–water partition coefficient (Wildman–Crippen LogP) is 5.06. The van der Waals surface area contributed by atoms with Gasteiger partial charge in [-0.05, 0) is 43.3 Å². The number of aromatic carboxylic acids is 1. The summed E-state index contributed by atoms with van der Waals surface area (Å²) >= 11 is 0. The fraction of sp³-hybridized carbons (Fsp3) is 0.182. The van der Waals surface area contributed by atoms with Crippen LogP contribution in [0.5, 0.6) is 5.75 Å². The highest BCUT2D eigenvalue weighted by molar-refractivity contribution is 6.09. The summed E-state index contributed by atoms with van der Waals surface area (Å²) in [6.07, 6.45) is 0. The number of carboxylic acid groups (broad SMARTS) is 1. The third-order valence-electron chi connectivity index (χ3n) is 4.81. The van der Waals surface area contributed by atoms with E-state index in [2.05, 4.69) is 5.16 Å². The normalized spacial score (nSPS) is 11.2. The van der Waals surface area contributed by atoms with Gasteiger partial charge in [-0.3, -0.25) is 0 Å². The molecule has 0 amide bonds. The number of methoxy groups -OCH3 is 2.